The van der Waals surface area contributed by atoms with Crippen LogP contribution in [0.15, 0.2) is 36.4 Å². The zero-order chi connectivity index (χ0) is 22.7. The Hall–Kier alpha value is -2.96. The molecule has 5 aliphatic rings. The first-order chi connectivity index (χ1) is 15.3. The van der Waals surface area contributed by atoms with Crippen LogP contribution in [0.25, 0.3) is 0 Å². The molecule has 1 saturated heterocycles. The van der Waals surface area contributed by atoms with Gasteiger partial charge in [0.25, 0.3) is 0 Å². The standard InChI is InChI=1S/C25H27NO6/c1-12(2)22(25(30)32-11-19(27)13-4-6-14(31-3)7-5-13)26-23(28)20-15-8-9-16(18-10-17(15)18)21(20)24(26)29/h4-9,12,15-18,20-22H,10-11H2,1-3H3. The van der Waals surface area contributed by atoms with Gasteiger partial charge in [-0.3, -0.25) is 19.3 Å². The van der Waals surface area contributed by atoms with Gasteiger partial charge in [0.1, 0.15) is 11.8 Å². The number of allylic oxidation sites excluding steroid dienone is 2. The lowest BCUT2D eigenvalue weighted by Gasteiger charge is -2.37. The van der Waals surface area contributed by atoms with Crippen molar-refractivity contribution in [2.45, 2.75) is 26.3 Å². The molecule has 168 valence electrons. The Balaban J connectivity index is 1.30. The normalized spacial score (nSPS) is 32.6. The second kappa shape index (κ2) is 7.57. The summed E-state index contributed by atoms with van der Waals surface area (Å²) in [6.45, 7) is 3.11. The number of carbonyl (C=O) groups is 4. The maximum absolute atomic E-state index is 13.4. The minimum atomic E-state index is -1.03. The van der Waals surface area contributed by atoms with E-state index in [0.717, 1.165) is 11.3 Å². The smallest absolute Gasteiger partial charge is 0.330 e. The third kappa shape index (κ3) is 3.09. The zero-order valence-electron chi connectivity index (χ0n) is 18.4. The number of benzene rings is 1. The molecule has 2 amide bonds. The number of carbonyl (C=O) groups excluding carboxylic acids is 4. The first kappa shape index (κ1) is 20.9. The zero-order valence-corrected chi connectivity index (χ0v) is 18.4. The number of rotatable bonds is 7. The van der Waals surface area contributed by atoms with E-state index in [9.17, 15) is 19.2 Å². The molecule has 2 saturated carbocycles. The number of hydrogen-bond acceptors (Lipinski definition) is 6. The Bertz CT molecular complexity index is 976. The van der Waals surface area contributed by atoms with Crippen molar-refractivity contribution in [1.82, 2.24) is 4.90 Å². The number of ether oxygens (including phenoxy) is 2. The number of esters is 1. The summed E-state index contributed by atoms with van der Waals surface area (Å²) >= 11 is 0. The summed E-state index contributed by atoms with van der Waals surface area (Å²) in [7, 11) is 1.53. The molecule has 7 atom stereocenters. The van der Waals surface area contributed by atoms with Crippen molar-refractivity contribution in [3.8, 4) is 5.75 Å². The SMILES string of the molecule is COc1ccc(C(=O)COC(=O)C(C(C)C)N2C(=O)C3C4C=CC(C5CC45)C3C2=O)cc1. The first-order valence-corrected chi connectivity index (χ1v) is 11.2. The highest BCUT2D eigenvalue weighted by molar-refractivity contribution is 6.09. The molecular formula is C25H27NO6. The van der Waals surface area contributed by atoms with Crippen molar-refractivity contribution >= 4 is 23.6 Å². The van der Waals surface area contributed by atoms with Crippen molar-refractivity contribution < 1.29 is 28.7 Å². The topological polar surface area (TPSA) is 90.0 Å². The fraction of sp³-hybridized carbons (Fsp3) is 0.520. The number of hydrogen-bond donors (Lipinski definition) is 0. The van der Waals surface area contributed by atoms with Gasteiger partial charge in [0.15, 0.2) is 12.4 Å². The van der Waals surface area contributed by atoms with E-state index >= 15 is 0 Å². The summed E-state index contributed by atoms with van der Waals surface area (Å²) in [5.41, 5.74) is 0.390. The lowest BCUT2D eigenvalue weighted by molar-refractivity contribution is -0.160. The molecule has 3 fully saturated rings. The third-order valence-corrected chi connectivity index (χ3v) is 7.61. The molecule has 4 aliphatic carbocycles. The number of amides is 2. The Labute approximate surface area is 186 Å². The van der Waals surface area contributed by atoms with Crippen LogP contribution >= 0.6 is 0 Å². The lowest BCUT2D eigenvalue weighted by Crippen LogP contribution is -2.49. The molecule has 1 aromatic rings. The van der Waals surface area contributed by atoms with Crippen molar-refractivity contribution in [3.63, 3.8) is 0 Å². The van der Waals surface area contributed by atoms with E-state index in [1.807, 2.05) is 0 Å². The van der Waals surface area contributed by atoms with Crippen molar-refractivity contribution in [1.29, 1.82) is 0 Å². The third-order valence-electron chi connectivity index (χ3n) is 7.61. The number of imide groups is 1. The fourth-order valence-electron chi connectivity index (χ4n) is 6.01. The Kier molecular flexibility index (Phi) is 4.95. The average molecular weight is 437 g/mol. The van der Waals surface area contributed by atoms with Crippen molar-refractivity contribution in [2.75, 3.05) is 13.7 Å². The van der Waals surface area contributed by atoms with E-state index < -0.39 is 18.6 Å². The highest BCUT2D eigenvalue weighted by Crippen LogP contribution is 2.65. The predicted molar refractivity (Wildman–Crippen MR) is 113 cm³/mol. The monoisotopic (exact) mass is 437 g/mol. The van der Waals surface area contributed by atoms with Crippen LogP contribution in [-0.2, 0) is 19.1 Å². The number of methoxy groups -OCH3 is 1. The molecule has 1 aromatic carbocycles. The van der Waals surface area contributed by atoms with E-state index in [4.69, 9.17) is 9.47 Å². The van der Waals surface area contributed by atoms with Gasteiger partial charge in [0, 0.05) is 5.56 Å². The second-order valence-corrected chi connectivity index (χ2v) is 9.65. The van der Waals surface area contributed by atoms with Crippen LogP contribution in [0, 0.1) is 41.4 Å². The van der Waals surface area contributed by atoms with E-state index in [1.54, 1.807) is 38.1 Å². The first-order valence-electron chi connectivity index (χ1n) is 11.2. The summed E-state index contributed by atoms with van der Waals surface area (Å²) in [4.78, 5) is 53.3. The Morgan fingerprint density at radius 2 is 1.56 bits per heavy atom. The predicted octanol–water partition coefficient (Wildman–Crippen LogP) is 2.50. The van der Waals surface area contributed by atoms with Crippen LogP contribution in [-0.4, -0.2) is 48.2 Å². The Morgan fingerprint density at radius 1 is 1.00 bits per heavy atom. The van der Waals surface area contributed by atoms with Crippen LogP contribution in [0.4, 0.5) is 0 Å². The van der Waals surface area contributed by atoms with Crippen LogP contribution in [0.5, 0.6) is 5.75 Å². The summed E-state index contributed by atoms with van der Waals surface area (Å²) in [5, 5.41) is 0. The van der Waals surface area contributed by atoms with Gasteiger partial charge >= 0.3 is 5.97 Å². The van der Waals surface area contributed by atoms with E-state index in [2.05, 4.69) is 12.2 Å². The van der Waals surface area contributed by atoms with Gasteiger partial charge in [-0.2, -0.15) is 0 Å². The van der Waals surface area contributed by atoms with Crippen LogP contribution in [0.1, 0.15) is 30.6 Å². The number of Topliss-reactive ketones (excluding diaryl/α,β-unsaturated/α-hetero) is 1. The van der Waals surface area contributed by atoms with Gasteiger partial charge in [-0.15, -0.1) is 0 Å². The minimum absolute atomic E-state index is 0.0944. The molecule has 1 aliphatic heterocycles. The maximum atomic E-state index is 13.4. The molecule has 0 N–H and O–H groups in total. The van der Waals surface area contributed by atoms with Crippen molar-refractivity contribution in [2.24, 2.45) is 41.4 Å². The van der Waals surface area contributed by atoms with E-state index in [-0.39, 0.29) is 47.2 Å². The van der Waals surface area contributed by atoms with Crippen LogP contribution in [0.2, 0.25) is 0 Å². The molecule has 0 aromatic heterocycles. The van der Waals surface area contributed by atoms with Gasteiger partial charge in [-0.1, -0.05) is 26.0 Å². The van der Waals surface area contributed by atoms with Crippen LogP contribution in [0.3, 0.4) is 0 Å². The summed E-state index contributed by atoms with van der Waals surface area (Å²) in [6.07, 6.45) is 5.29. The highest BCUT2D eigenvalue weighted by Gasteiger charge is 2.68. The molecule has 1 heterocycles. The van der Waals surface area contributed by atoms with Gasteiger partial charge < -0.3 is 9.47 Å². The average Bonchev–Trinajstić information content (AvgIpc) is 3.58. The fourth-order valence-corrected chi connectivity index (χ4v) is 6.01. The van der Waals surface area contributed by atoms with Gasteiger partial charge in [0.05, 0.1) is 18.9 Å². The largest absolute Gasteiger partial charge is 0.497 e. The number of ketones is 1. The number of likely N-dealkylation sites (tertiary alicyclic amines) is 1. The van der Waals surface area contributed by atoms with E-state index in [1.165, 1.54) is 7.11 Å². The Morgan fingerprint density at radius 3 is 2.06 bits per heavy atom. The molecule has 2 bridgehead atoms. The molecule has 7 heteroatoms. The number of nitrogens with zero attached hydrogens (tertiary/aromatic N) is 1. The highest BCUT2D eigenvalue weighted by atomic mass is 16.5. The van der Waals surface area contributed by atoms with Gasteiger partial charge in [-0.05, 0) is 60.3 Å². The molecule has 32 heavy (non-hydrogen) atoms. The van der Waals surface area contributed by atoms with Crippen LogP contribution < -0.4 is 4.74 Å². The lowest BCUT2D eigenvalue weighted by atomic mass is 9.63. The summed E-state index contributed by atoms with van der Waals surface area (Å²) in [6, 6.07) is 5.48. The van der Waals surface area contributed by atoms with Crippen molar-refractivity contribution in [3.05, 3.63) is 42.0 Å². The summed E-state index contributed by atoms with van der Waals surface area (Å²) in [5.74, 6) is -0.862. The minimum Gasteiger partial charge on any atom is -0.497 e. The maximum Gasteiger partial charge on any atom is 0.330 e. The van der Waals surface area contributed by atoms with Gasteiger partial charge in [-0.25, -0.2) is 4.79 Å². The summed E-state index contributed by atoms with van der Waals surface area (Å²) < 4.78 is 10.4. The van der Waals surface area contributed by atoms with Gasteiger partial charge in [0.2, 0.25) is 11.8 Å². The molecular weight excluding hydrogens is 410 g/mol. The van der Waals surface area contributed by atoms with E-state index in [0.29, 0.717) is 23.1 Å². The quantitative estimate of drug-likeness (QED) is 0.282. The molecule has 0 radical (unpaired) electrons. The molecule has 0 spiro atoms. The molecule has 7 unspecified atom stereocenters. The second-order valence-electron chi connectivity index (χ2n) is 9.65. The molecule has 6 rings (SSSR count). The molecule has 7 nitrogen and oxygen atoms in total.